The maximum atomic E-state index is 15.1. The first-order valence-electron chi connectivity index (χ1n) is 15.4. The second-order valence-corrected chi connectivity index (χ2v) is 11.0. The number of amides is 3. The van der Waals surface area contributed by atoms with E-state index < -0.39 is 67.6 Å². The number of carbonyl (C=O) groups is 2. The summed E-state index contributed by atoms with van der Waals surface area (Å²) in [5.74, 6) is -5.88. The zero-order chi connectivity index (χ0) is 35.4. The molecule has 4 heterocycles. The van der Waals surface area contributed by atoms with Crippen LogP contribution in [0.25, 0.3) is 5.65 Å². The van der Waals surface area contributed by atoms with Gasteiger partial charge < -0.3 is 25.0 Å². The average molecular weight is 635 g/mol. The zero-order valence-corrected chi connectivity index (χ0v) is 23.6. The van der Waals surface area contributed by atoms with E-state index in [0.717, 1.165) is 20.0 Å². The SMILES string of the molecule is [2H]C1([2H])NC(=O)N(C(COC2CC2)c2cnn3cc(C(CCC(C)(C)C(F)(F)F)NC(=O)c4nonc4OC)nc3c2)C([2H])([2H])C1(F)F. The van der Waals surface area contributed by atoms with Crippen LogP contribution in [0.1, 0.15) is 78.8 Å². The van der Waals surface area contributed by atoms with Crippen molar-refractivity contribution >= 4 is 17.6 Å². The molecule has 1 aliphatic carbocycles. The molecule has 0 spiro atoms. The number of aromatic nitrogens is 5. The van der Waals surface area contributed by atoms with E-state index in [0.29, 0.717) is 12.8 Å². The van der Waals surface area contributed by atoms with E-state index in [-0.39, 0.29) is 45.9 Å². The lowest BCUT2D eigenvalue weighted by Gasteiger charge is -2.38. The number of methoxy groups -OCH3 is 1. The normalized spacial score (nSPS) is 22.3. The minimum Gasteiger partial charge on any atom is -0.477 e. The van der Waals surface area contributed by atoms with Crippen LogP contribution in [-0.2, 0) is 4.74 Å². The van der Waals surface area contributed by atoms with Gasteiger partial charge in [0.15, 0.2) is 5.65 Å². The van der Waals surface area contributed by atoms with Crippen molar-refractivity contribution in [1.82, 2.24) is 40.4 Å². The fourth-order valence-electron chi connectivity index (χ4n) is 4.30. The third-order valence-corrected chi connectivity index (χ3v) is 7.23. The van der Waals surface area contributed by atoms with E-state index in [4.69, 9.17) is 15.0 Å². The monoisotopic (exact) mass is 634 g/mol. The Balaban J connectivity index is 1.51. The molecule has 1 saturated heterocycles. The number of nitrogens with one attached hydrogen (secondary N) is 2. The van der Waals surface area contributed by atoms with Crippen molar-refractivity contribution in [3.63, 3.8) is 0 Å². The number of fused-ring (bicyclic) bond motifs is 1. The summed E-state index contributed by atoms with van der Waals surface area (Å²) in [5.41, 5.74) is -2.52. The molecule has 0 aromatic carbocycles. The first-order chi connectivity index (χ1) is 22.2. The Kier molecular flexibility index (Phi) is 7.05. The van der Waals surface area contributed by atoms with Crippen molar-refractivity contribution in [2.75, 3.05) is 26.7 Å². The number of halogens is 5. The maximum Gasteiger partial charge on any atom is 0.393 e. The maximum absolute atomic E-state index is 15.1. The number of ether oxygens (including phenoxy) is 2. The van der Waals surface area contributed by atoms with Gasteiger partial charge in [-0.25, -0.2) is 27.7 Å². The Morgan fingerprint density at radius 3 is 2.75 bits per heavy atom. The number of urea groups is 1. The van der Waals surface area contributed by atoms with E-state index >= 15 is 8.78 Å². The van der Waals surface area contributed by atoms with Gasteiger partial charge >= 0.3 is 12.2 Å². The summed E-state index contributed by atoms with van der Waals surface area (Å²) in [6, 6.07) is -2.89. The van der Waals surface area contributed by atoms with Gasteiger partial charge in [0.25, 0.3) is 17.7 Å². The predicted molar refractivity (Wildman–Crippen MR) is 140 cm³/mol. The van der Waals surface area contributed by atoms with Crippen LogP contribution in [0.4, 0.5) is 26.7 Å². The average Bonchev–Trinajstić information content (AvgIpc) is 3.51. The van der Waals surface area contributed by atoms with Crippen LogP contribution in [-0.4, -0.2) is 86.7 Å². The van der Waals surface area contributed by atoms with E-state index in [2.05, 4.69) is 30.3 Å². The summed E-state index contributed by atoms with van der Waals surface area (Å²) in [7, 11) is 1.20. The van der Waals surface area contributed by atoms with Gasteiger partial charge in [-0.2, -0.15) is 18.3 Å². The van der Waals surface area contributed by atoms with Crippen LogP contribution < -0.4 is 15.4 Å². The zero-order valence-electron chi connectivity index (χ0n) is 27.6. The molecule has 0 radical (unpaired) electrons. The molecule has 18 heteroatoms. The molecular formula is C26H31F5N8O5. The van der Waals surface area contributed by atoms with Crippen LogP contribution in [0.5, 0.6) is 5.88 Å². The summed E-state index contributed by atoms with van der Waals surface area (Å²) in [6.45, 7) is -6.00. The van der Waals surface area contributed by atoms with Gasteiger partial charge in [-0.05, 0) is 42.1 Å². The van der Waals surface area contributed by atoms with Gasteiger partial charge in [0.1, 0.15) is 0 Å². The minimum absolute atomic E-state index is 0.00555. The topological polar surface area (TPSA) is 149 Å². The van der Waals surface area contributed by atoms with Crippen LogP contribution in [0.2, 0.25) is 0 Å². The van der Waals surface area contributed by atoms with Gasteiger partial charge in [-0.1, -0.05) is 13.8 Å². The number of hydrogen-bond donors (Lipinski definition) is 2. The van der Waals surface area contributed by atoms with Crippen LogP contribution >= 0.6 is 0 Å². The Morgan fingerprint density at radius 2 is 2.07 bits per heavy atom. The Hall–Kier alpha value is -4.09. The van der Waals surface area contributed by atoms with Crippen LogP contribution in [0, 0.1) is 5.41 Å². The molecule has 44 heavy (non-hydrogen) atoms. The highest BCUT2D eigenvalue weighted by Crippen LogP contribution is 2.42. The van der Waals surface area contributed by atoms with Crippen LogP contribution in [0.3, 0.4) is 0 Å². The van der Waals surface area contributed by atoms with E-state index in [1.54, 1.807) is 0 Å². The van der Waals surface area contributed by atoms with Gasteiger partial charge in [-0.15, -0.1) is 0 Å². The molecular weight excluding hydrogens is 599 g/mol. The van der Waals surface area contributed by atoms with Crippen molar-refractivity contribution in [1.29, 1.82) is 0 Å². The first kappa shape index (κ1) is 26.3. The second kappa shape index (κ2) is 11.8. The summed E-state index contributed by atoms with van der Waals surface area (Å²) >= 11 is 0. The number of imidazole rings is 1. The van der Waals surface area contributed by atoms with Crippen molar-refractivity contribution in [2.45, 2.75) is 69.8 Å². The molecule has 2 unspecified atom stereocenters. The standard InChI is InChI=1S/C26H31F5N8O5/c1-24(2,26(29,30)31)7-6-16(35-21(40)20-22(42-3)37-44-36-20)17-10-39-19(34-17)8-14(9-33-39)18(11-43-15-4-5-15)38-13-25(27,28)12-32-23(38)41/h8-10,15-16,18H,4-7,11-13H2,1-3H3,(H,32,41)(H,35,40)/i12D2,13D2. The molecule has 5 rings (SSSR count). The summed E-state index contributed by atoms with van der Waals surface area (Å²) in [5, 5.41) is 15.2. The summed E-state index contributed by atoms with van der Waals surface area (Å²) in [6.07, 6.45) is -1.80. The smallest absolute Gasteiger partial charge is 0.393 e. The van der Waals surface area contributed by atoms with Crippen molar-refractivity contribution in [3.05, 3.63) is 35.4 Å². The molecule has 0 bridgehead atoms. The Morgan fingerprint density at radius 1 is 1.32 bits per heavy atom. The molecule has 2 N–H and O–H groups in total. The Bertz CT molecular complexity index is 1680. The lowest BCUT2D eigenvalue weighted by molar-refractivity contribution is -0.214. The van der Waals surface area contributed by atoms with Crippen molar-refractivity contribution < 1.29 is 51.1 Å². The number of carbonyl (C=O) groups excluding carboxylic acids is 2. The molecule has 2 aliphatic rings. The van der Waals surface area contributed by atoms with Gasteiger partial charge in [-0.3, -0.25) is 4.79 Å². The minimum atomic E-state index is -4.71. The first-order valence-corrected chi connectivity index (χ1v) is 13.4. The number of rotatable bonds is 12. The predicted octanol–water partition coefficient (Wildman–Crippen LogP) is 3.84. The van der Waals surface area contributed by atoms with Crippen molar-refractivity contribution in [3.8, 4) is 5.88 Å². The highest BCUT2D eigenvalue weighted by Gasteiger charge is 2.47. The van der Waals surface area contributed by atoms with E-state index in [9.17, 15) is 22.8 Å². The molecule has 2 atom stereocenters. The number of hydrogen-bond acceptors (Lipinski definition) is 9. The molecule has 1 aliphatic heterocycles. The number of alkyl halides is 5. The van der Waals surface area contributed by atoms with E-state index in [1.807, 2.05) is 0 Å². The molecule has 240 valence electrons. The number of nitrogens with zero attached hydrogens (tertiary/aromatic N) is 6. The molecule has 2 fully saturated rings. The molecule has 1 saturated carbocycles. The fraction of sp³-hybridized carbons (Fsp3) is 0.615. The fourth-order valence-corrected chi connectivity index (χ4v) is 4.30. The summed E-state index contributed by atoms with van der Waals surface area (Å²) in [4.78, 5) is 30.6. The second-order valence-electron chi connectivity index (χ2n) is 11.0. The molecule has 3 aromatic heterocycles. The molecule has 3 aromatic rings. The highest BCUT2D eigenvalue weighted by molar-refractivity contribution is 5.94. The van der Waals surface area contributed by atoms with Crippen molar-refractivity contribution in [2.24, 2.45) is 5.41 Å². The van der Waals surface area contributed by atoms with Crippen LogP contribution in [0.15, 0.2) is 23.1 Å². The molecule has 3 amide bonds. The lowest BCUT2D eigenvalue weighted by Crippen LogP contribution is -2.58. The quantitative estimate of drug-likeness (QED) is 0.284. The van der Waals surface area contributed by atoms with Gasteiger partial charge in [0.2, 0.25) is 5.69 Å². The van der Waals surface area contributed by atoms with Gasteiger partial charge in [0.05, 0.1) is 73.9 Å². The largest absolute Gasteiger partial charge is 0.477 e. The third kappa shape index (κ3) is 6.84. The van der Waals surface area contributed by atoms with E-state index in [1.165, 1.54) is 29.2 Å². The lowest BCUT2D eigenvalue weighted by atomic mass is 9.85. The highest BCUT2D eigenvalue weighted by atomic mass is 19.4. The third-order valence-electron chi connectivity index (χ3n) is 7.23. The Labute approximate surface area is 253 Å². The molecule has 13 nitrogen and oxygen atoms in total. The van der Waals surface area contributed by atoms with Gasteiger partial charge in [0, 0.05) is 5.56 Å². The summed E-state index contributed by atoms with van der Waals surface area (Å²) < 4.78 is 119.